The number of benzene rings is 3. The van der Waals surface area contributed by atoms with E-state index in [2.05, 4.69) is 41.1 Å². The highest BCUT2D eigenvalue weighted by Gasteiger charge is 2.30. The molecule has 0 bridgehead atoms. The first-order chi connectivity index (χ1) is 14.0. The lowest BCUT2D eigenvalue weighted by Gasteiger charge is -2.26. The summed E-state index contributed by atoms with van der Waals surface area (Å²) in [6.07, 6.45) is 2.39. The second-order valence-corrected chi connectivity index (χ2v) is 9.84. The Bertz CT molecular complexity index is 1110. The van der Waals surface area contributed by atoms with E-state index in [1.54, 1.807) is 6.07 Å². The molecule has 0 amide bonds. The van der Waals surface area contributed by atoms with Crippen molar-refractivity contribution >= 4 is 20.8 Å². The van der Waals surface area contributed by atoms with Crippen molar-refractivity contribution in [2.24, 2.45) is 0 Å². The van der Waals surface area contributed by atoms with Crippen LogP contribution in [0.15, 0.2) is 65.6 Å². The molecule has 1 heterocycles. The molecular formula is C24H29N2O2S+. The van der Waals surface area contributed by atoms with Gasteiger partial charge in [0.15, 0.2) is 0 Å². The number of aryl methyl sites for hydroxylation is 2. The SMILES string of the molecule is Cc1ccc(S(=O)(=O)NC[C@@H](c2cccc3ccccc23)[NH+]2CCCC2)c(C)c1. The molecule has 1 atom stereocenters. The summed E-state index contributed by atoms with van der Waals surface area (Å²) in [5.74, 6) is 0. The Balaban J connectivity index is 1.66. The van der Waals surface area contributed by atoms with Crippen molar-refractivity contribution in [3.8, 4) is 0 Å². The van der Waals surface area contributed by atoms with E-state index in [1.165, 1.54) is 34.1 Å². The molecule has 0 saturated carbocycles. The van der Waals surface area contributed by atoms with Gasteiger partial charge in [-0.25, -0.2) is 13.1 Å². The lowest BCUT2D eigenvalue weighted by molar-refractivity contribution is -0.918. The van der Waals surface area contributed by atoms with Crippen molar-refractivity contribution in [3.05, 3.63) is 77.4 Å². The van der Waals surface area contributed by atoms with Crippen LogP contribution in [0.1, 0.15) is 35.6 Å². The van der Waals surface area contributed by atoms with E-state index in [4.69, 9.17) is 0 Å². The third-order valence-electron chi connectivity index (χ3n) is 6.03. The van der Waals surface area contributed by atoms with E-state index in [0.29, 0.717) is 11.4 Å². The second-order valence-electron chi connectivity index (χ2n) is 8.11. The molecule has 1 fully saturated rings. The van der Waals surface area contributed by atoms with Gasteiger partial charge < -0.3 is 4.90 Å². The van der Waals surface area contributed by atoms with Gasteiger partial charge in [-0.05, 0) is 36.2 Å². The third kappa shape index (κ3) is 4.22. The molecule has 3 aromatic carbocycles. The normalized spacial score (nSPS) is 16.3. The van der Waals surface area contributed by atoms with Gasteiger partial charge in [0, 0.05) is 18.4 Å². The van der Waals surface area contributed by atoms with Crippen molar-refractivity contribution in [1.82, 2.24) is 4.72 Å². The van der Waals surface area contributed by atoms with Crippen LogP contribution in [-0.2, 0) is 10.0 Å². The molecule has 2 N–H and O–H groups in total. The Hall–Kier alpha value is -2.21. The molecule has 5 heteroatoms. The van der Waals surface area contributed by atoms with E-state index in [1.807, 2.05) is 32.0 Å². The molecule has 0 spiro atoms. The van der Waals surface area contributed by atoms with Crippen LogP contribution in [0.5, 0.6) is 0 Å². The zero-order valence-corrected chi connectivity index (χ0v) is 17.9. The molecule has 0 unspecified atom stereocenters. The summed E-state index contributed by atoms with van der Waals surface area (Å²) in [6.45, 7) is 6.40. The van der Waals surface area contributed by atoms with E-state index >= 15 is 0 Å². The predicted molar refractivity (Wildman–Crippen MR) is 118 cm³/mol. The van der Waals surface area contributed by atoms with Crippen LogP contribution in [0.4, 0.5) is 0 Å². The highest BCUT2D eigenvalue weighted by atomic mass is 32.2. The molecule has 0 radical (unpaired) electrons. The fourth-order valence-electron chi connectivity index (χ4n) is 4.58. The van der Waals surface area contributed by atoms with Gasteiger partial charge in [0.25, 0.3) is 0 Å². The van der Waals surface area contributed by atoms with Crippen molar-refractivity contribution < 1.29 is 13.3 Å². The van der Waals surface area contributed by atoms with E-state index in [0.717, 1.165) is 24.2 Å². The Morgan fingerprint density at radius 3 is 2.45 bits per heavy atom. The zero-order valence-electron chi connectivity index (χ0n) is 17.1. The first kappa shape index (κ1) is 20.1. The Morgan fingerprint density at radius 1 is 0.966 bits per heavy atom. The number of rotatable bonds is 6. The van der Waals surface area contributed by atoms with E-state index < -0.39 is 10.0 Å². The number of fused-ring (bicyclic) bond motifs is 1. The maximum atomic E-state index is 13.1. The van der Waals surface area contributed by atoms with Gasteiger partial charge in [0.1, 0.15) is 6.04 Å². The van der Waals surface area contributed by atoms with E-state index in [9.17, 15) is 8.42 Å². The van der Waals surface area contributed by atoms with Gasteiger partial charge in [-0.2, -0.15) is 0 Å². The monoisotopic (exact) mass is 409 g/mol. The predicted octanol–water partition coefficient (Wildman–Crippen LogP) is 3.15. The van der Waals surface area contributed by atoms with Crippen molar-refractivity contribution in [3.63, 3.8) is 0 Å². The maximum absolute atomic E-state index is 13.1. The van der Waals surface area contributed by atoms with Gasteiger partial charge in [-0.3, -0.25) is 0 Å². The van der Waals surface area contributed by atoms with Gasteiger partial charge >= 0.3 is 0 Å². The van der Waals surface area contributed by atoms with Crippen LogP contribution in [0, 0.1) is 13.8 Å². The molecule has 1 aliphatic heterocycles. The quantitative estimate of drug-likeness (QED) is 0.657. The van der Waals surface area contributed by atoms with Crippen molar-refractivity contribution in [2.45, 2.75) is 37.6 Å². The van der Waals surface area contributed by atoms with Crippen LogP contribution in [0.25, 0.3) is 10.8 Å². The van der Waals surface area contributed by atoms with Crippen LogP contribution in [0.3, 0.4) is 0 Å². The van der Waals surface area contributed by atoms with Gasteiger partial charge in [-0.1, -0.05) is 60.2 Å². The van der Waals surface area contributed by atoms with Crippen molar-refractivity contribution in [2.75, 3.05) is 19.6 Å². The molecule has 1 aliphatic rings. The first-order valence-corrected chi connectivity index (χ1v) is 11.8. The van der Waals surface area contributed by atoms with Gasteiger partial charge in [-0.15, -0.1) is 0 Å². The number of sulfonamides is 1. The van der Waals surface area contributed by atoms with Crippen molar-refractivity contribution in [1.29, 1.82) is 0 Å². The maximum Gasteiger partial charge on any atom is 0.241 e. The molecule has 0 aliphatic carbocycles. The summed E-state index contributed by atoms with van der Waals surface area (Å²) in [7, 11) is -3.56. The molecule has 152 valence electrons. The third-order valence-corrected chi connectivity index (χ3v) is 7.62. The summed E-state index contributed by atoms with van der Waals surface area (Å²) < 4.78 is 29.0. The summed E-state index contributed by atoms with van der Waals surface area (Å²) in [6, 6.07) is 20.3. The minimum absolute atomic E-state index is 0.101. The van der Waals surface area contributed by atoms with E-state index in [-0.39, 0.29) is 6.04 Å². The fourth-order valence-corrected chi connectivity index (χ4v) is 5.85. The van der Waals surface area contributed by atoms with Gasteiger partial charge in [0.05, 0.1) is 24.5 Å². The summed E-state index contributed by atoms with van der Waals surface area (Å²) in [5.41, 5.74) is 3.08. The highest BCUT2D eigenvalue weighted by Crippen LogP contribution is 2.24. The van der Waals surface area contributed by atoms with Crippen LogP contribution >= 0.6 is 0 Å². The van der Waals surface area contributed by atoms with Crippen LogP contribution in [0.2, 0.25) is 0 Å². The molecule has 29 heavy (non-hydrogen) atoms. The number of likely N-dealkylation sites (tertiary alicyclic amines) is 1. The lowest BCUT2D eigenvalue weighted by atomic mass is 9.98. The van der Waals surface area contributed by atoms with Crippen LogP contribution in [-0.4, -0.2) is 28.1 Å². The highest BCUT2D eigenvalue weighted by molar-refractivity contribution is 7.89. The zero-order chi connectivity index (χ0) is 20.4. The number of hydrogen-bond acceptors (Lipinski definition) is 2. The van der Waals surface area contributed by atoms with Gasteiger partial charge in [0.2, 0.25) is 10.0 Å². The standard InChI is InChI=1S/C24H28N2O2S/c1-18-12-13-24(19(2)16-18)29(27,28)25-17-23(26-14-5-6-15-26)22-11-7-9-20-8-3-4-10-21(20)22/h3-4,7-13,16,23,25H,5-6,14-15,17H2,1-2H3/p+1/t23-/m0/s1. The smallest absolute Gasteiger partial charge is 0.241 e. The average Bonchev–Trinajstić information content (AvgIpc) is 3.22. The molecular weight excluding hydrogens is 380 g/mol. The molecule has 1 saturated heterocycles. The second kappa shape index (κ2) is 8.27. The average molecular weight is 410 g/mol. The molecule has 0 aromatic heterocycles. The summed E-state index contributed by atoms with van der Waals surface area (Å²) >= 11 is 0. The Labute approximate surface area is 173 Å². The number of hydrogen-bond donors (Lipinski definition) is 2. The molecule has 3 aromatic rings. The number of quaternary nitrogens is 1. The van der Waals surface area contributed by atoms with Crippen LogP contribution < -0.4 is 9.62 Å². The molecule has 4 rings (SSSR count). The Kier molecular flexibility index (Phi) is 5.72. The Morgan fingerprint density at radius 2 is 1.69 bits per heavy atom. The molecule has 4 nitrogen and oxygen atoms in total. The minimum Gasteiger partial charge on any atom is -0.328 e. The topological polar surface area (TPSA) is 50.6 Å². The largest absolute Gasteiger partial charge is 0.328 e. The minimum atomic E-state index is -3.56. The summed E-state index contributed by atoms with van der Waals surface area (Å²) in [5, 5.41) is 2.41. The lowest BCUT2D eigenvalue weighted by Crippen LogP contribution is -3.11. The summed E-state index contributed by atoms with van der Waals surface area (Å²) in [4.78, 5) is 1.83. The number of nitrogens with one attached hydrogen (secondary N) is 2. The first-order valence-electron chi connectivity index (χ1n) is 10.3. The fraction of sp³-hybridized carbons (Fsp3) is 0.333.